The normalized spacial score (nSPS) is 10.3. The van der Waals surface area contributed by atoms with Crippen LogP contribution in [0.15, 0.2) is 34.9 Å². The molecule has 1 aromatic carbocycles. The number of nitrogens with zero attached hydrogens (tertiary/aromatic N) is 2. The first kappa shape index (κ1) is 13.9. The molecule has 0 bridgehead atoms. The number of halogens is 2. The molecule has 0 fully saturated rings. The fraction of sp³-hybridized carbons (Fsp3) is 0.167. The Balaban J connectivity index is 1.94. The lowest BCUT2D eigenvalue weighted by Gasteiger charge is -2.08. The van der Waals surface area contributed by atoms with Crippen molar-refractivity contribution in [3.63, 3.8) is 0 Å². The van der Waals surface area contributed by atoms with E-state index in [1.54, 1.807) is 25.4 Å². The third-order valence-electron chi connectivity index (χ3n) is 2.43. The largest absolute Gasteiger partial charge is 0.444 e. The first-order valence-corrected chi connectivity index (χ1v) is 6.59. The van der Waals surface area contributed by atoms with E-state index in [4.69, 9.17) is 16.3 Å². The summed E-state index contributed by atoms with van der Waals surface area (Å²) in [5.41, 5.74) is 0.753. The quantitative estimate of drug-likeness (QED) is 0.926. The molecule has 19 heavy (non-hydrogen) atoms. The van der Waals surface area contributed by atoms with E-state index in [1.807, 2.05) is 12.1 Å². The van der Waals surface area contributed by atoms with Crippen LogP contribution in [0, 0.1) is 0 Å². The van der Waals surface area contributed by atoms with Crippen LogP contribution in [0.5, 0.6) is 0 Å². The van der Waals surface area contributed by atoms with Gasteiger partial charge in [-0.3, -0.25) is 10.00 Å². The van der Waals surface area contributed by atoms with E-state index in [1.165, 1.54) is 4.68 Å². The minimum atomic E-state index is -0.566. The lowest BCUT2D eigenvalue weighted by atomic mass is 10.2. The van der Waals surface area contributed by atoms with Crippen molar-refractivity contribution in [1.29, 1.82) is 0 Å². The first-order chi connectivity index (χ1) is 9.08. The van der Waals surface area contributed by atoms with Gasteiger partial charge in [-0.15, -0.1) is 0 Å². The van der Waals surface area contributed by atoms with Gasteiger partial charge >= 0.3 is 6.09 Å². The van der Waals surface area contributed by atoms with Gasteiger partial charge in [-0.2, -0.15) is 5.10 Å². The lowest BCUT2D eigenvalue weighted by Crippen LogP contribution is -2.16. The Hall–Kier alpha value is -1.53. The second-order valence-corrected chi connectivity index (χ2v) is 5.02. The number of benzene rings is 1. The minimum Gasteiger partial charge on any atom is -0.444 e. The minimum absolute atomic E-state index is 0.112. The van der Waals surface area contributed by atoms with Crippen molar-refractivity contribution in [2.24, 2.45) is 7.05 Å². The van der Waals surface area contributed by atoms with Crippen LogP contribution in [0.25, 0.3) is 0 Å². The van der Waals surface area contributed by atoms with Crippen molar-refractivity contribution in [2.75, 3.05) is 5.32 Å². The maximum absolute atomic E-state index is 11.7. The highest BCUT2D eigenvalue weighted by Crippen LogP contribution is 2.21. The highest BCUT2D eigenvalue weighted by Gasteiger charge is 2.11. The average Bonchev–Trinajstić information content (AvgIpc) is 2.70. The van der Waals surface area contributed by atoms with E-state index in [9.17, 15) is 4.79 Å². The zero-order valence-electron chi connectivity index (χ0n) is 10.1. The van der Waals surface area contributed by atoms with Gasteiger partial charge in [0.15, 0.2) is 0 Å². The summed E-state index contributed by atoms with van der Waals surface area (Å²) in [4.78, 5) is 11.7. The van der Waals surface area contributed by atoms with E-state index >= 15 is 0 Å². The second-order valence-electron chi connectivity index (χ2n) is 3.76. The summed E-state index contributed by atoms with van der Waals surface area (Å²) in [6.07, 6.45) is 1.02. The second kappa shape index (κ2) is 6.08. The fourth-order valence-corrected chi connectivity index (χ4v) is 2.08. The number of hydrogen-bond acceptors (Lipinski definition) is 3. The Morgan fingerprint density at radius 1 is 1.53 bits per heavy atom. The maximum Gasteiger partial charge on any atom is 0.413 e. The van der Waals surface area contributed by atoms with E-state index < -0.39 is 6.09 Å². The summed E-state index contributed by atoms with van der Waals surface area (Å²) < 4.78 is 7.31. The van der Waals surface area contributed by atoms with E-state index in [0.717, 1.165) is 5.56 Å². The van der Waals surface area contributed by atoms with E-state index in [-0.39, 0.29) is 6.61 Å². The SMILES string of the molecule is Cn1ncc(Br)c1NC(=O)OCc1ccccc1Cl. The summed E-state index contributed by atoms with van der Waals surface area (Å²) in [7, 11) is 1.72. The number of nitrogens with one attached hydrogen (secondary N) is 1. The van der Waals surface area contributed by atoms with Crippen molar-refractivity contribution in [1.82, 2.24) is 9.78 Å². The lowest BCUT2D eigenvalue weighted by molar-refractivity contribution is 0.155. The van der Waals surface area contributed by atoms with Gasteiger partial charge in [0, 0.05) is 17.6 Å². The number of aromatic nitrogens is 2. The molecular formula is C12H11BrClN3O2. The van der Waals surface area contributed by atoms with Crippen LogP contribution in [0.4, 0.5) is 10.6 Å². The van der Waals surface area contributed by atoms with E-state index in [2.05, 4.69) is 26.3 Å². The standard InChI is InChI=1S/C12H11BrClN3O2/c1-17-11(9(13)6-15-17)16-12(18)19-7-8-4-2-3-5-10(8)14/h2-6H,7H2,1H3,(H,16,18). The molecule has 2 rings (SSSR count). The van der Waals surface area contributed by atoms with Crippen molar-refractivity contribution >= 4 is 39.4 Å². The molecule has 0 spiro atoms. The van der Waals surface area contributed by atoms with Crippen LogP contribution in [0.1, 0.15) is 5.56 Å². The Morgan fingerprint density at radius 2 is 2.26 bits per heavy atom. The zero-order chi connectivity index (χ0) is 13.8. The number of ether oxygens (including phenoxy) is 1. The molecule has 1 amide bonds. The topological polar surface area (TPSA) is 56.2 Å². The maximum atomic E-state index is 11.7. The predicted molar refractivity (Wildman–Crippen MR) is 76.2 cm³/mol. The molecule has 7 heteroatoms. The first-order valence-electron chi connectivity index (χ1n) is 5.42. The molecule has 1 heterocycles. The zero-order valence-corrected chi connectivity index (χ0v) is 12.4. The molecule has 0 saturated heterocycles. The fourth-order valence-electron chi connectivity index (χ4n) is 1.44. The van der Waals surface area contributed by atoms with Crippen molar-refractivity contribution in [2.45, 2.75) is 6.61 Å². The summed E-state index contributed by atoms with van der Waals surface area (Å²) in [5.74, 6) is 0.532. The monoisotopic (exact) mass is 343 g/mol. The number of carbonyl (C=O) groups is 1. The average molecular weight is 345 g/mol. The highest BCUT2D eigenvalue weighted by molar-refractivity contribution is 9.10. The Labute approximate surface area is 123 Å². The Morgan fingerprint density at radius 3 is 2.89 bits per heavy atom. The molecule has 0 aliphatic heterocycles. The van der Waals surface area contributed by atoms with Crippen LogP contribution >= 0.6 is 27.5 Å². The van der Waals surface area contributed by atoms with Crippen molar-refractivity contribution < 1.29 is 9.53 Å². The Bertz CT molecular complexity index is 581. The number of amides is 1. The molecule has 100 valence electrons. The molecule has 5 nitrogen and oxygen atoms in total. The smallest absolute Gasteiger partial charge is 0.413 e. The van der Waals surface area contributed by atoms with Crippen LogP contribution in [0.2, 0.25) is 5.02 Å². The van der Waals surface area contributed by atoms with Gasteiger partial charge < -0.3 is 4.74 Å². The van der Waals surface area contributed by atoms with Gasteiger partial charge in [-0.1, -0.05) is 29.8 Å². The molecule has 0 radical (unpaired) electrons. The van der Waals surface area contributed by atoms with Crippen LogP contribution < -0.4 is 5.32 Å². The number of aryl methyl sites for hydroxylation is 1. The molecule has 0 atom stereocenters. The predicted octanol–water partition coefficient (Wildman–Crippen LogP) is 3.58. The van der Waals surface area contributed by atoms with Crippen molar-refractivity contribution in [3.05, 3.63) is 45.5 Å². The third-order valence-corrected chi connectivity index (χ3v) is 3.38. The van der Waals surface area contributed by atoms with E-state index in [0.29, 0.717) is 15.3 Å². The molecule has 0 unspecified atom stereocenters. The summed E-state index contributed by atoms with van der Waals surface area (Å²) in [6, 6.07) is 7.20. The molecule has 0 saturated carbocycles. The molecular weight excluding hydrogens is 334 g/mol. The van der Waals surface area contributed by atoms with Crippen LogP contribution in [-0.4, -0.2) is 15.9 Å². The summed E-state index contributed by atoms with van der Waals surface area (Å²) >= 11 is 9.25. The van der Waals surface area contributed by atoms with Gasteiger partial charge in [-0.05, 0) is 22.0 Å². The molecule has 2 aromatic rings. The molecule has 0 aliphatic carbocycles. The van der Waals surface area contributed by atoms with Gasteiger partial charge in [0.2, 0.25) is 0 Å². The van der Waals surface area contributed by atoms with Crippen molar-refractivity contribution in [3.8, 4) is 0 Å². The van der Waals surface area contributed by atoms with Gasteiger partial charge in [0.25, 0.3) is 0 Å². The third kappa shape index (κ3) is 3.48. The summed E-state index contributed by atoms with van der Waals surface area (Å²) in [6.45, 7) is 0.112. The van der Waals surface area contributed by atoms with Gasteiger partial charge in [0.1, 0.15) is 12.4 Å². The van der Waals surface area contributed by atoms with Crippen LogP contribution in [-0.2, 0) is 18.4 Å². The number of rotatable bonds is 3. The van der Waals surface area contributed by atoms with Gasteiger partial charge in [0.05, 0.1) is 10.7 Å². The number of hydrogen-bond donors (Lipinski definition) is 1. The van der Waals surface area contributed by atoms with Gasteiger partial charge in [-0.25, -0.2) is 4.79 Å². The molecule has 0 aliphatic rings. The number of carbonyl (C=O) groups excluding carboxylic acids is 1. The number of anilines is 1. The van der Waals surface area contributed by atoms with Crippen LogP contribution in [0.3, 0.4) is 0 Å². The Kier molecular flexibility index (Phi) is 4.44. The summed E-state index contributed by atoms with van der Waals surface area (Å²) in [5, 5.41) is 7.14. The molecule has 1 N–H and O–H groups in total. The molecule has 1 aromatic heterocycles. The highest BCUT2D eigenvalue weighted by atomic mass is 79.9.